The van der Waals surface area contributed by atoms with Gasteiger partial charge in [0.2, 0.25) is 21.8 Å². The van der Waals surface area contributed by atoms with Crippen LogP contribution in [0.25, 0.3) is 0 Å². The Hall–Kier alpha value is -3.96. The van der Waals surface area contributed by atoms with E-state index in [1.807, 2.05) is 30.3 Å². The van der Waals surface area contributed by atoms with Gasteiger partial charge in [0.05, 0.1) is 16.9 Å². The number of carbonyl (C=O) groups excluding carboxylic acids is 2. The Bertz CT molecular complexity index is 1600. The predicted octanol–water partition coefficient (Wildman–Crippen LogP) is 5.41. The third-order valence-corrected chi connectivity index (χ3v) is 9.18. The van der Waals surface area contributed by atoms with E-state index in [1.165, 1.54) is 17.0 Å². The Kier molecular flexibility index (Phi) is 11.0. The zero-order chi connectivity index (χ0) is 31.9. The van der Waals surface area contributed by atoms with Gasteiger partial charge in [-0.3, -0.25) is 24.0 Å². The highest BCUT2D eigenvalue weighted by Gasteiger charge is 2.34. The van der Waals surface area contributed by atoms with E-state index in [1.54, 1.807) is 31.2 Å². The molecule has 2 amide bonds. The molecule has 0 unspecified atom stereocenters. The van der Waals surface area contributed by atoms with Crippen LogP contribution in [0.5, 0.6) is 0 Å². The fraction of sp³-hybridized carbons (Fsp3) is 0.375. The number of hydrogen-bond acceptors (Lipinski definition) is 6. The van der Waals surface area contributed by atoms with Gasteiger partial charge in [-0.05, 0) is 48.6 Å². The van der Waals surface area contributed by atoms with Crippen molar-refractivity contribution in [3.05, 3.63) is 105 Å². The number of amides is 2. The fourth-order valence-corrected chi connectivity index (χ4v) is 6.62. The van der Waals surface area contributed by atoms with Crippen molar-refractivity contribution in [2.45, 2.75) is 64.1 Å². The Labute approximate surface area is 263 Å². The Morgan fingerprint density at radius 2 is 1.68 bits per heavy atom. The number of aryl methyl sites for hydroxylation is 1. The van der Waals surface area contributed by atoms with Crippen molar-refractivity contribution in [3.8, 4) is 0 Å². The van der Waals surface area contributed by atoms with E-state index in [-0.39, 0.29) is 36.3 Å². The van der Waals surface area contributed by atoms with Crippen LogP contribution in [0.1, 0.15) is 48.8 Å². The molecule has 44 heavy (non-hydrogen) atoms. The van der Waals surface area contributed by atoms with Gasteiger partial charge in [0.15, 0.2) is 0 Å². The summed E-state index contributed by atoms with van der Waals surface area (Å²) in [6.45, 7) is 0.936. The molecule has 0 aliphatic heterocycles. The molecule has 0 saturated heterocycles. The van der Waals surface area contributed by atoms with Crippen molar-refractivity contribution < 1.29 is 22.9 Å². The number of nitro groups is 1. The van der Waals surface area contributed by atoms with E-state index < -0.39 is 33.4 Å². The number of benzene rings is 3. The molecule has 1 atom stereocenters. The van der Waals surface area contributed by atoms with Crippen molar-refractivity contribution in [3.63, 3.8) is 0 Å². The first kappa shape index (κ1) is 32.9. The molecule has 10 nitrogen and oxygen atoms in total. The van der Waals surface area contributed by atoms with E-state index in [4.69, 9.17) is 11.6 Å². The van der Waals surface area contributed by atoms with Crippen LogP contribution < -0.4 is 9.62 Å². The molecule has 1 saturated carbocycles. The number of nitro benzene ring substituents is 1. The fourth-order valence-electron chi connectivity index (χ4n) is 5.51. The summed E-state index contributed by atoms with van der Waals surface area (Å²) in [7, 11) is -4.08. The van der Waals surface area contributed by atoms with Gasteiger partial charge in [-0.15, -0.1) is 0 Å². The van der Waals surface area contributed by atoms with Crippen LogP contribution in [0.15, 0.2) is 72.8 Å². The highest BCUT2D eigenvalue weighted by atomic mass is 35.5. The number of anilines is 1. The van der Waals surface area contributed by atoms with Crippen molar-refractivity contribution in [2.75, 3.05) is 17.1 Å². The summed E-state index contributed by atoms with van der Waals surface area (Å²) in [5, 5.41) is 15.1. The summed E-state index contributed by atoms with van der Waals surface area (Å²) < 4.78 is 27.0. The quantitative estimate of drug-likeness (QED) is 0.208. The zero-order valence-corrected chi connectivity index (χ0v) is 26.4. The van der Waals surface area contributed by atoms with Crippen molar-refractivity contribution in [1.29, 1.82) is 0 Å². The Balaban J connectivity index is 1.76. The average molecular weight is 641 g/mol. The van der Waals surface area contributed by atoms with E-state index in [0.29, 0.717) is 16.1 Å². The van der Waals surface area contributed by atoms with Crippen LogP contribution in [0.4, 0.5) is 11.4 Å². The Morgan fingerprint density at radius 3 is 2.32 bits per heavy atom. The lowest BCUT2D eigenvalue weighted by Crippen LogP contribution is -2.55. The van der Waals surface area contributed by atoms with Gasteiger partial charge in [0, 0.05) is 36.2 Å². The van der Waals surface area contributed by atoms with Gasteiger partial charge in [-0.1, -0.05) is 79.4 Å². The third kappa shape index (κ3) is 8.79. The lowest BCUT2D eigenvalue weighted by molar-refractivity contribution is -0.384. The molecule has 0 spiro atoms. The summed E-state index contributed by atoms with van der Waals surface area (Å²) in [4.78, 5) is 40.6. The highest BCUT2D eigenvalue weighted by Crippen LogP contribution is 2.28. The number of halogens is 1. The van der Waals surface area contributed by atoms with Gasteiger partial charge >= 0.3 is 0 Å². The van der Waals surface area contributed by atoms with Crippen molar-refractivity contribution >= 4 is 44.8 Å². The van der Waals surface area contributed by atoms with E-state index >= 15 is 0 Å². The minimum atomic E-state index is -4.08. The summed E-state index contributed by atoms with van der Waals surface area (Å²) in [5.74, 6) is -0.963. The number of nitrogens with zero attached hydrogens (tertiary/aromatic N) is 3. The van der Waals surface area contributed by atoms with Crippen LogP contribution in [-0.2, 0) is 32.6 Å². The van der Waals surface area contributed by atoms with Crippen molar-refractivity contribution in [1.82, 2.24) is 10.2 Å². The monoisotopic (exact) mass is 640 g/mol. The number of non-ortho nitro benzene ring substituents is 1. The normalized spacial score (nSPS) is 14.4. The zero-order valence-electron chi connectivity index (χ0n) is 24.8. The van der Waals surface area contributed by atoms with Gasteiger partial charge in [0.1, 0.15) is 12.6 Å². The second-order valence-corrected chi connectivity index (χ2v) is 13.5. The molecule has 234 valence electrons. The number of nitrogens with one attached hydrogen (secondary N) is 1. The minimum absolute atomic E-state index is 0.0134. The number of carbonyl (C=O) groups is 2. The van der Waals surface area contributed by atoms with Gasteiger partial charge in [-0.2, -0.15) is 0 Å². The van der Waals surface area contributed by atoms with Crippen LogP contribution in [-0.4, -0.2) is 54.9 Å². The van der Waals surface area contributed by atoms with E-state index in [0.717, 1.165) is 54.3 Å². The molecule has 1 fully saturated rings. The maximum Gasteiger partial charge on any atom is 0.271 e. The van der Waals surface area contributed by atoms with Crippen molar-refractivity contribution in [2.24, 2.45) is 0 Å². The molecular weight excluding hydrogens is 604 g/mol. The minimum Gasteiger partial charge on any atom is -0.352 e. The highest BCUT2D eigenvalue weighted by molar-refractivity contribution is 7.92. The van der Waals surface area contributed by atoms with Crippen LogP contribution >= 0.6 is 11.6 Å². The number of sulfonamides is 1. The number of hydrogen-bond donors (Lipinski definition) is 1. The van der Waals surface area contributed by atoms with E-state index in [2.05, 4.69) is 5.32 Å². The third-order valence-electron chi connectivity index (χ3n) is 7.82. The SMILES string of the molecule is Cc1ccc([N+](=O)[O-])cc1N(CC(=O)N(Cc1cccc(Cl)c1)[C@H](Cc1ccccc1)C(=O)NC1CCCCC1)S(C)(=O)=O. The second kappa shape index (κ2) is 14.7. The predicted molar refractivity (Wildman–Crippen MR) is 171 cm³/mol. The molecule has 0 heterocycles. The van der Waals surface area contributed by atoms with Gasteiger partial charge in [-0.25, -0.2) is 8.42 Å². The summed E-state index contributed by atoms with van der Waals surface area (Å²) in [6.07, 6.45) is 5.95. The molecular formula is C32H37ClN4O6S. The standard InChI is InChI=1S/C32H37ClN4O6S/c1-23-16-17-28(37(40)41)20-29(23)36(44(2,42)43)22-31(38)35(21-25-12-9-13-26(33)18-25)30(19-24-10-5-3-6-11-24)32(39)34-27-14-7-4-8-15-27/h3,5-6,9-13,16-18,20,27,30H,4,7-8,14-15,19,21-22H2,1-2H3,(H,34,39)/t30-/m1/s1. The van der Waals surface area contributed by atoms with E-state index in [9.17, 15) is 28.1 Å². The molecule has 0 radical (unpaired) electrons. The van der Waals surface area contributed by atoms with Gasteiger partial charge in [0.25, 0.3) is 5.69 Å². The van der Waals surface area contributed by atoms with Crippen LogP contribution in [0, 0.1) is 17.0 Å². The molecule has 1 aliphatic rings. The lowest BCUT2D eigenvalue weighted by Gasteiger charge is -2.35. The molecule has 4 rings (SSSR count). The molecule has 3 aromatic rings. The first-order valence-electron chi connectivity index (χ1n) is 14.5. The summed E-state index contributed by atoms with van der Waals surface area (Å²) in [5.41, 5.74) is 1.63. The molecule has 3 aromatic carbocycles. The van der Waals surface area contributed by atoms with Gasteiger partial charge < -0.3 is 10.2 Å². The molecule has 1 N–H and O–H groups in total. The van der Waals surface area contributed by atoms with Crippen LogP contribution in [0.3, 0.4) is 0 Å². The number of rotatable bonds is 12. The second-order valence-electron chi connectivity index (χ2n) is 11.2. The maximum absolute atomic E-state index is 14.3. The molecule has 1 aliphatic carbocycles. The maximum atomic E-state index is 14.3. The summed E-state index contributed by atoms with van der Waals surface area (Å²) >= 11 is 6.27. The first-order chi connectivity index (χ1) is 20.9. The average Bonchev–Trinajstić information content (AvgIpc) is 2.98. The molecule has 0 aromatic heterocycles. The Morgan fingerprint density at radius 1 is 1.00 bits per heavy atom. The smallest absolute Gasteiger partial charge is 0.271 e. The topological polar surface area (TPSA) is 130 Å². The van der Waals surface area contributed by atoms with Crippen LogP contribution in [0.2, 0.25) is 5.02 Å². The molecule has 12 heteroatoms. The first-order valence-corrected chi connectivity index (χ1v) is 16.8. The molecule has 0 bridgehead atoms. The largest absolute Gasteiger partial charge is 0.352 e. The summed E-state index contributed by atoms with van der Waals surface area (Å²) in [6, 6.07) is 19.1. The lowest BCUT2D eigenvalue weighted by atomic mass is 9.94.